The number of benzene rings is 2. The van der Waals surface area contributed by atoms with Crippen LogP contribution in [0.1, 0.15) is 24.9 Å². The van der Waals surface area contributed by atoms with E-state index in [2.05, 4.69) is 16.0 Å². The van der Waals surface area contributed by atoms with Crippen molar-refractivity contribution in [1.82, 2.24) is 10.6 Å². The van der Waals surface area contributed by atoms with Crippen molar-refractivity contribution in [1.29, 1.82) is 0 Å². The average Bonchev–Trinajstić information content (AvgIpc) is 2.56. The first kappa shape index (κ1) is 16.5. The average molecular weight is 311 g/mol. The van der Waals surface area contributed by atoms with Crippen LogP contribution >= 0.6 is 0 Å². The fraction of sp³-hybridized carbons (Fsp3) is 0.222. The zero-order chi connectivity index (χ0) is 16.5. The first-order valence-electron chi connectivity index (χ1n) is 7.59. The fourth-order valence-corrected chi connectivity index (χ4v) is 2.13. The Hall–Kier alpha value is -2.82. The number of nitrogens with one attached hydrogen (secondary N) is 3. The predicted octanol–water partition coefficient (Wildman–Crippen LogP) is 3.08. The number of hydrogen-bond donors (Lipinski definition) is 3. The van der Waals surface area contributed by atoms with Gasteiger partial charge >= 0.3 is 6.03 Å². The van der Waals surface area contributed by atoms with Gasteiger partial charge in [-0.25, -0.2) is 4.79 Å². The molecule has 2 aromatic rings. The van der Waals surface area contributed by atoms with E-state index in [1.54, 1.807) is 12.1 Å². The van der Waals surface area contributed by atoms with Gasteiger partial charge in [0.1, 0.15) is 0 Å². The van der Waals surface area contributed by atoms with E-state index in [-0.39, 0.29) is 30.9 Å². The van der Waals surface area contributed by atoms with Crippen LogP contribution in [0.4, 0.5) is 10.5 Å². The summed E-state index contributed by atoms with van der Waals surface area (Å²) < 4.78 is 0. The van der Waals surface area contributed by atoms with Gasteiger partial charge in [0.25, 0.3) is 0 Å². The Morgan fingerprint density at radius 3 is 2.22 bits per heavy atom. The minimum absolute atomic E-state index is 0.0538. The molecule has 0 aliphatic heterocycles. The van der Waals surface area contributed by atoms with E-state index >= 15 is 0 Å². The van der Waals surface area contributed by atoms with Gasteiger partial charge in [-0.1, -0.05) is 48.5 Å². The van der Waals surface area contributed by atoms with Crippen molar-refractivity contribution in [2.24, 2.45) is 0 Å². The largest absolute Gasteiger partial charge is 0.350 e. The molecule has 0 aliphatic carbocycles. The lowest BCUT2D eigenvalue weighted by Gasteiger charge is -2.14. The lowest BCUT2D eigenvalue weighted by molar-refractivity contribution is -0.121. The zero-order valence-electron chi connectivity index (χ0n) is 13.1. The molecule has 2 aromatic carbocycles. The third kappa shape index (κ3) is 5.82. The van der Waals surface area contributed by atoms with Gasteiger partial charge in [-0.3, -0.25) is 4.79 Å². The van der Waals surface area contributed by atoms with E-state index in [9.17, 15) is 9.59 Å². The van der Waals surface area contributed by atoms with Crippen LogP contribution in [0.15, 0.2) is 60.7 Å². The van der Waals surface area contributed by atoms with E-state index < -0.39 is 0 Å². The molecule has 0 bridgehead atoms. The van der Waals surface area contributed by atoms with Crippen LogP contribution in [0.3, 0.4) is 0 Å². The highest BCUT2D eigenvalue weighted by Crippen LogP contribution is 2.10. The quantitative estimate of drug-likeness (QED) is 0.767. The Labute approximate surface area is 136 Å². The van der Waals surface area contributed by atoms with Crippen molar-refractivity contribution in [3.05, 3.63) is 66.2 Å². The standard InChI is InChI=1S/C18H21N3O2/c1-14(15-8-4-2-5-9-15)20-17(22)12-13-19-18(23)21-16-10-6-3-7-11-16/h2-11,14H,12-13H2,1H3,(H,20,22)(H2,19,21,23)/t14-/m1/s1. The smallest absolute Gasteiger partial charge is 0.319 e. The number of para-hydroxylation sites is 1. The number of anilines is 1. The number of carbonyl (C=O) groups excluding carboxylic acids is 2. The highest BCUT2D eigenvalue weighted by Gasteiger charge is 2.09. The molecule has 0 radical (unpaired) electrons. The normalized spacial score (nSPS) is 11.3. The Morgan fingerprint density at radius 1 is 0.957 bits per heavy atom. The van der Waals surface area contributed by atoms with Crippen molar-refractivity contribution < 1.29 is 9.59 Å². The van der Waals surface area contributed by atoms with Gasteiger partial charge in [-0.2, -0.15) is 0 Å². The van der Waals surface area contributed by atoms with E-state index in [4.69, 9.17) is 0 Å². The van der Waals surface area contributed by atoms with Gasteiger partial charge in [0.2, 0.25) is 5.91 Å². The van der Waals surface area contributed by atoms with E-state index in [0.717, 1.165) is 5.56 Å². The van der Waals surface area contributed by atoms with Crippen LogP contribution < -0.4 is 16.0 Å². The summed E-state index contributed by atoms with van der Waals surface area (Å²) in [6, 6.07) is 18.5. The molecule has 0 unspecified atom stereocenters. The summed E-state index contributed by atoms with van der Waals surface area (Å²) in [6.07, 6.45) is 0.235. The second kappa shape index (κ2) is 8.58. The molecule has 0 saturated carbocycles. The van der Waals surface area contributed by atoms with Crippen LogP contribution in [-0.2, 0) is 4.79 Å². The van der Waals surface area contributed by atoms with Gasteiger partial charge in [-0.15, -0.1) is 0 Å². The van der Waals surface area contributed by atoms with Gasteiger partial charge < -0.3 is 16.0 Å². The van der Waals surface area contributed by atoms with Crippen LogP contribution in [0.2, 0.25) is 0 Å². The number of urea groups is 1. The minimum atomic E-state index is -0.319. The second-order valence-corrected chi connectivity index (χ2v) is 5.20. The first-order chi connectivity index (χ1) is 11.1. The summed E-state index contributed by atoms with van der Waals surface area (Å²) >= 11 is 0. The number of amides is 3. The lowest BCUT2D eigenvalue weighted by Crippen LogP contribution is -2.34. The number of carbonyl (C=O) groups is 2. The van der Waals surface area contributed by atoms with Crippen molar-refractivity contribution in [2.75, 3.05) is 11.9 Å². The Morgan fingerprint density at radius 2 is 1.57 bits per heavy atom. The molecule has 3 N–H and O–H groups in total. The van der Waals surface area contributed by atoms with Crippen molar-refractivity contribution >= 4 is 17.6 Å². The van der Waals surface area contributed by atoms with E-state index in [1.165, 1.54) is 0 Å². The maximum absolute atomic E-state index is 11.9. The van der Waals surface area contributed by atoms with Gasteiger partial charge in [0, 0.05) is 18.7 Å². The Kier molecular flexibility index (Phi) is 6.17. The molecule has 1 atom stereocenters. The molecule has 2 rings (SSSR count). The zero-order valence-corrected chi connectivity index (χ0v) is 13.1. The molecule has 0 saturated heterocycles. The summed E-state index contributed by atoms with van der Waals surface area (Å²) in [5, 5.41) is 8.27. The molecular weight excluding hydrogens is 290 g/mol. The molecule has 120 valence electrons. The molecule has 0 heterocycles. The molecule has 23 heavy (non-hydrogen) atoms. The van der Waals surface area contributed by atoms with Crippen LogP contribution in [0.25, 0.3) is 0 Å². The Bertz CT molecular complexity index is 629. The van der Waals surface area contributed by atoms with Crippen LogP contribution in [-0.4, -0.2) is 18.5 Å². The van der Waals surface area contributed by atoms with Crippen LogP contribution in [0, 0.1) is 0 Å². The van der Waals surface area contributed by atoms with E-state index in [1.807, 2.05) is 55.5 Å². The lowest BCUT2D eigenvalue weighted by atomic mass is 10.1. The van der Waals surface area contributed by atoms with Crippen molar-refractivity contribution in [2.45, 2.75) is 19.4 Å². The second-order valence-electron chi connectivity index (χ2n) is 5.20. The molecule has 5 heteroatoms. The molecule has 5 nitrogen and oxygen atoms in total. The summed E-state index contributed by atoms with van der Waals surface area (Å²) in [7, 11) is 0. The Balaban J connectivity index is 1.67. The maximum Gasteiger partial charge on any atom is 0.319 e. The van der Waals surface area contributed by atoms with Gasteiger partial charge in [0.15, 0.2) is 0 Å². The highest BCUT2D eigenvalue weighted by molar-refractivity contribution is 5.89. The fourth-order valence-electron chi connectivity index (χ4n) is 2.13. The summed E-state index contributed by atoms with van der Waals surface area (Å²) in [5.74, 6) is -0.0960. The highest BCUT2D eigenvalue weighted by atomic mass is 16.2. The van der Waals surface area contributed by atoms with Gasteiger partial charge in [-0.05, 0) is 24.6 Å². The third-order valence-electron chi connectivity index (χ3n) is 3.35. The predicted molar refractivity (Wildman–Crippen MR) is 91.1 cm³/mol. The number of hydrogen-bond acceptors (Lipinski definition) is 2. The minimum Gasteiger partial charge on any atom is -0.350 e. The first-order valence-corrected chi connectivity index (χ1v) is 7.59. The van der Waals surface area contributed by atoms with Crippen molar-refractivity contribution in [3.63, 3.8) is 0 Å². The molecule has 0 fully saturated rings. The molecule has 0 aromatic heterocycles. The monoisotopic (exact) mass is 311 g/mol. The van der Waals surface area contributed by atoms with Crippen molar-refractivity contribution in [3.8, 4) is 0 Å². The van der Waals surface area contributed by atoms with Crippen LogP contribution in [0.5, 0.6) is 0 Å². The third-order valence-corrected chi connectivity index (χ3v) is 3.35. The number of rotatable bonds is 6. The molecule has 0 aliphatic rings. The van der Waals surface area contributed by atoms with E-state index in [0.29, 0.717) is 5.69 Å². The topological polar surface area (TPSA) is 70.2 Å². The summed E-state index contributed by atoms with van der Waals surface area (Å²) in [4.78, 5) is 23.6. The SMILES string of the molecule is C[C@@H](NC(=O)CCNC(=O)Nc1ccccc1)c1ccccc1. The molecule has 0 spiro atoms. The molecular formula is C18H21N3O2. The molecule has 3 amide bonds. The summed E-state index contributed by atoms with van der Waals surface area (Å²) in [6.45, 7) is 2.22. The maximum atomic E-state index is 11.9. The summed E-state index contributed by atoms with van der Waals surface area (Å²) in [5.41, 5.74) is 1.77. The van der Waals surface area contributed by atoms with Gasteiger partial charge in [0.05, 0.1) is 6.04 Å².